The van der Waals surface area contributed by atoms with Crippen LogP contribution in [0.1, 0.15) is 12.8 Å². The first kappa shape index (κ1) is 12.8. The topological polar surface area (TPSA) is 106 Å². The van der Waals surface area contributed by atoms with E-state index in [1.165, 1.54) is 0 Å². The van der Waals surface area contributed by atoms with Crippen LogP contribution in [0.3, 0.4) is 0 Å². The minimum absolute atomic E-state index is 0.154. The Balaban J connectivity index is 1.78. The second-order valence-corrected chi connectivity index (χ2v) is 5.14. The maximum Gasteiger partial charge on any atom is 0.241 e. The Hall–Kier alpha value is -2.22. The van der Waals surface area contributed by atoms with Gasteiger partial charge < -0.3 is 15.7 Å². The van der Waals surface area contributed by atoms with Gasteiger partial charge in [0, 0.05) is 26.0 Å². The Bertz CT molecular complexity index is 579. The van der Waals surface area contributed by atoms with E-state index in [2.05, 4.69) is 19.9 Å². The Kier molecular flexibility index (Phi) is 3.23. The third kappa shape index (κ3) is 2.55. The molecule has 1 saturated carbocycles. The summed E-state index contributed by atoms with van der Waals surface area (Å²) in [6, 6.07) is 0. The van der Waals surface area contributed by atoms with Gasteiger partial charge in [-0.05, 0) is 18.8 Å². The molecule has 0 atom stereocenters. The van der Waals surface area contributed by atoms with Gasteiger partial charge in [-0.1, -0.05) is 0 Å². The molecule has 3 N–H and O–H groups in total. The zero-order valence-electron chi connectivity index (χ0n) is 11.2. The molecule has 1 fully saturated rings. The second-order valence-electron chi connectivity index (χ2n) is 5.14. The fourth-order valence-electron chi connectivity index (χ4n) is 2.35. The summed E-state index contributed by atoms with van der Waals surface area (Å²) in [6.07, 6.45) is 6.53. The number of aliphatic hydroxyl groups excluding tert-OH is 1. The van der Waals surface area contributed by atoms with Crippen LogP contribution >= 0.6 is 0 Å². The van der Waals surface area contributed by atoms with Crippen LogP contribution in [0.25, 0.3) is 5.95 Å². The minimum Gasteiger partial charge on any atom is -0.393 e. The van der Waals surface area contributed by atoms with Crippen molar-refractivity contribution in [2.45, 2.75) is 18.9 Å². The lowest BCUT2D eigenvalue weighted by atomic mass is 9.82. The summed E-state index contributed by atoms with van der Waals surface area (Å²) in [5.41, 5.74) is 5.74. The summed E-state index contributed by atoms with van der Waals surface area (Å²) in [4.78, 5) is 18.5. The van der Waals surface area contributed by atoms with Crippen LogP contribution < -0.4 is 10.6 Å². The lowest BCUT2D eigenvalue weighted by Gasteiger charge is -2.34. The molecular weight excluding hydrogens is 258 g/mol. The SMILES string of the molecule is CN(CC1CC(O)C1)c1nc(N)nc(-n2ccnc2)n1. The predicted molar refractivity (Wildman–Crippen MR) is 73.4 cm³/mol. The lowest BCUT2D eigenvalue weighted by molar-refractivity contribution is 0.0463. The van der Waals surface area contributed by atoms with E-state index in [9.17, 15) is 5.11 Å². The molecule has 0 unspecified atom stereocenters. The molecule has 2 aromatic heterocycles. The number of rotatable bonds is 4. The third-order valence-electron chi connectivity index (χ3n) is 3.45. The molecule has 8 heteroatoms. The molecule has 2 heterocycles. The third-order valence-corrected chi connectivity index (χ3v) is 3.45. The van der Waals surface area contributed by atoms with Gasteiger partial charge in [0.2, 0.25) is 17.8 Å². The second kappa shape index (κ2) is 5.04. The van der Waals surface area contributed by atoms with Gasteiger partial charge in [-0.15, -0.1) is 0 Å². The Labute approximate surface area is 116 Å². The zero-order valence-corrected chi connectivity index (χ0v) is 11.2. The van der Waals surface area contributed by atoms with Gasteiger partial charge >= 0.3 is 0 Å². The van der Waals surface area contributed by atoms with Crippen LogP contribution in [0.5, 0.6) is 0 Å². The summed E-state index contributed by atoms with van der Waals surface area (Å²) in [7, 11) is 1.91. The average molecular weight is 275 g/mol. The van der Waals surface area contributed by atoms with Crippen molar-refractivity contribution in [3.8, 4) is 5.95 Å². The molecule has 2 aromatic rings. The molecule has 3 rings (SSSR count). The van der Waals surface area contributed by atoms with E-state index in [1.54, 1.807) is 23.3 Å². The fraction of sp³-hybridized carbons (Fsp3) is 0.500. The van der Waals surface area contributed by atoms with Gasteiger partial charge in [0.1, 0.15) is 6.33 Å². The van der Waals surface area contributed by atoms with E-state index < -0.39 is 0 Å². The van der Waals surface area contributed by atoms with Crippen LogP contribution in [-0.4, -0.2) is 49.3 Å². The first-order valence-electron chi connectivity index (χ1n) is 6.51. The van der Waals surface area contributed by atoms with E-state index in [0.717, 1.165) is 19.4 Å². The molecule has 106 valence electrons. The smallest absolute Gasteiger partial charge is 0.241 e. The first-order valence-corrected chi connectivity index (χ1v) is 6.51. The number of aliphatic hydroxyl groups is 1. The highest BCUT2D eigenvalue weighted by Gasteiger charge is 2.28. The van der Waals surface area contributed by atoms with Crippen molar-refractivity contribution in [3.05, 3.63) is 18.7 Å². The molecule has 0 amide bonds. The Morgan fingerprint density at radius 2 is 2.20 bits per heavy atom. The summed E-state index contributed by atoms with van der Waals surface area (Å²) < 4.78 is 1.68. The molecule has 8 nitrogen and oxygen atoms in total. The van der Waals surface area contributed by atoms with Crippen molar-refractivity contribution in [1.82, 2.24) is 24.5 Å². The highest BCUT2D eigenvalue weighted by atomic mass is 16.3. The first-order chi connectivity index (χ1) is 9.61. The van der Waals surface area contributed by atoms with Crippen molar-refractivity contribution in [2.75, 3.05) is 24.2 Å². The number of anilines is 2. The van der Waals surface area contributed by atoms with E-state index >= 15 is 0 Å². The van der Waals surface area contributed by atoms with Gasteiger partial charge in [0.15, 0.2) is 0 Å². The molecular formula is C12H17N7O. The maximum absolute atomic E-state index is 9.32. The molecule has 0 aliphatic heterocycles. The summed E-state index contributed by atoms with van der Waals surface area (Å²) >= 11 is 0. The van der Waals surface area contributed by atoms with Crippen molar-refractivity contribution in [1.29, 1.82) is 0 Å². The molecule has 0 saturated heterocycles. The Morgan fingerprint density at radius 1 is 1.40 bits per heavy atom. The Morgan fingerprint density at radius 3 is 2.85 bits per heavy atom. The number of aromatic nitrogens is 5. The quantitative estimate of drug-likeness (QED) is 0.799. The molecule has 0 aromatic carbocycles. The van der Waals surface area contributed by atoms with E-state index in [4.69, 9.17) is 5.73 Å². The van der Waals surface area contributed by atoms with Crippen molar-refractivity contribution in [2.24, 2.45) is 5.92 Å². The number of nitrogen functional groups attached to an aromatic ring is 1. The van der Waals surface area contributed by atoms with Crippen molar-refractivity contribution >= 4 is 11.9 Å². The largest absolute Gasteiger partial charge is 0.393 e. The van der Waals surface area contributed by atoms with Crippen molar-refractivity contribution in [3.63, 3.8) is 0 Å². The van der Waals surface area contributed by atoms with Gasteiger partial charge in [-0.3, -0.25) is 4.57 Å². The molecule has 1 aliphatic rings. The summed E-state index contributed by atoms with van der Waals surface area (Å²) in [6.45, 7) is 0.796. The van der Waals surface area contributed by atoms with Crippen molar-refractivity contribution < 1.29 is 5.11 Å². The summed E-state index contributed by atoms with van der Waals surface area (Å²) in [5.74, 6) is 1.64. The van der Waals surface area contributed by atoms with Gasteiger partial charge in [0.25, 0.3) is 0 Å². The normalized spacial score (nSPS) is 21.5. The zero-order chi connectivity index (χ0) is 14.1. The lowest BCUT2D eigenvalue weighted by Crippen LogP contribution is -2.37. The van der Waals surface area contributed by atoms with Crippen LogP contribution in [0, 0.1) is 5.92 Å². The standard InChI is InChI=1S/C12H17N7O/c1-18(6-8-4-9(20)5-8)11-15-10(13)16-12(17-11)19-3-2-14-7-19/h2-3,7-9,20H,4-6H2,1H3,(H2,13,15,16,17). The van der Waals surface area contributed by atoms with E-state index in [-0.39, 0.29) is 12.1 Å². The molecule has 1 aliphatic carbocycles. The number of hydrogen-bond donors (Lipinski definition) is 2. The highest BCUT2D eigenvalue weighted by molar-refractivity contribution is 5.37. The fourth-order valence-corrected chi connectivity index (χ4v) is 2.35. The van der Waals surface area contributed by atoms with Crippen LogP contribution in [0.15, 0.2) is 18.7 Å². The molecule has 0 radical (unpaired) electrons. The van der Waals surface area contributed by atoms with Crippen LogP contribution in [0.2, 0.25) is 0 Å². The van der Waals surface area contributed by atoms with E-state index in [1.807, 2.05) is 11.9 Å². The highest BCUT2D eigenvalue weighted by Crippen LogP contribution is 2.28. The number of nitrogens with two attached hydrogens (primary N) is 1. The number of imidazole rings is 1. The monoisotopic (exact) mass is 275 g/mol. The minimum atomic E-state index is -0.154. The average Bonchev–Trinajstić information content (AvgIpc) is 2.90. The molecule has 0 spiro atoms. The van der Waals surface area contributed by atoms with Gasteiger partial charge in [-0.25, -0.2) is 4.98 Å². The summed E-state index contributed by atoms with van der Waals surface area (Å²) in [5, 5.41) is 9.32. The number of hydrogen-bond acceptors (Lipinski definition) is 7. The van der Waals surface area contributed by atoms with Crippen LogP contribution in [-0.2, 0) is 0 Å². The van der Waals surface area contributed by atoms with E-state index in [0.29, 0.717) is 17.8 Å². The van der Waals surface area contributed by atoms with Gasteiger partial charge in [-0.2, -0.15) is 15.0 Å². The molecule has 0 bridgehead atoms. The van der Waals surface area contributed by atoms with Gasteiger partial charge in [0.05, 0.1) is 6.10 Å². The molecule has 20 heavy (non-hydrogen) atoms. The number of nitrogens with zero attached hydrogens (tertiary/aromatic N) is 6. The van der Waals surface area contributed by atoms with Crippen LogP contribution in [0.4, 0.5) is 11.9 Å². The predicted octanol–water partition coefficient (Wildman–Crippen LogP) is -0.153. The maximum atomic E-state index is 9.32.